The molecule has 1 aromatic carbocycles. The van der Waals surface area contributed by atoms with E-state index in [9.17, 15) is 4.39 Å². The van der Waals surface area contributed by atoms with Gasteiger partial charge in [0.2, 0.25) is 0 Å². The lowest BCUT2D eigenvalue weighted by Gasteiger charge is -2.14. The van der Waals surface area contributed by atoms with Crippen LogP contribution < -0.4 is 15.4 Å². The van der Waals surface area contributed by atoms with Gasteiger partial charge in [-0.1, -0.05) is 11.6 Å². The van der Waals surface area contributed by atoms with Crippen LogP contribution in [-0.2, 0) is 11.3 Å². The minimum Gasteiger partial charge on any atom is -0.492 e. The number of benzene rings is 1. The molecule has 0 fully saturated rings. The first-order valence-electron chi connectivity index (χ1n) is 4.56. The molecule has 0 heterocycles. The number of hydrogen-bond donors (Lipinski definition) is 1. The number of rotatable bonds is 5. The molecule has 0 amide bonds. The fourth-order valence-corrected chi connectivity index (χ4v) is 1.61. The first-order chi connectivity index (χ1) is 7.65. The third-order valence-corrected chi connectivity index (χ3v) is 2.38. The first-order valence-corrected chi connectivity index (χ1v) is 4.94. The predicted octanol–water partition coefficient (Wildman–Crippen LogP) is 1.93. The minimum atomic E-state index is -0.640. The normalized spacial score (nSPS) is 10.3. The molecule has 0 spiro atoms. The van der Waals surface area contributed by atoms with Crippen molar-refractivity contribution in [1.29, 1.82) is 0 Å². The van der Waals surface area contributed by atoms with Gasteiger partial charge in [0.05, 0.1) is 25.8 Å². The summed E-state index contributed by atoms with van der Waals surface area (Å²) < 4.78 is 23.6. The fourth-order valence-electron chi connectivity index (χ4n) is 1.40. The lowest BCUT2D eigenvalue weighted by Crippen LogP contribution is -2.06. The van der Waals surface area contributed by atoms with Gasteiger partial charge >= 0.3 is 0 Å². The summed E-state index contributed by atoms with van der Waals surface area (Å²) in [5, 5.41) is -0.0235. The lowest BCUT2D eigenvalue weighted by atomic mass is 10.1. The Balaban J connectivity index is 3.20. The van der Waals surface area contributed by atoms with Crippen LogP contribution in [0.2, 0.25) is 5.02 Å². The highest BCUT2D eigenvalue weighted by Crippen LogP contribution is 2.38. The van der Waals surface area contributed by atoms with Crippen LogP contribution in [0.4, 0.5) is 4.39 Å². The van der Waals surface area contributed by atoms with Gasteiger partial charge in [-0.3, -0.25) is 0 Å². The SMILES string of the molecule is COc1c(CCON)cc(Cl)c(F)c1OC. The van der Waals surface area contributed by atoms with Gasteiger partial charge in [-0.05, 0) is 6.07 Å². The van der Waals surface area contributed by atoms with Crippen molar-refractivity contribution in [3.05, 3.63) is 22.5 Å². The van der Waals surface area contributed by atoms with Gasteiger partial charge in [0.1, 0.15) is 0 Å². The number of ether oxygens (including phenoxy) is 2. The van der Waals surface area contributed by atoms with E-state index in [0.717, 1.165) is 0 Å². The van der Waals surface area contributed by atoms with Gasteiger partial charge in [0.25, 0.3) is 0 Å². The van der Waals surface area contributed by atoms with Crippen LogP contribution in [0.1, 0.15) is 5.56 Å². The quantitative estimate of drug-likeness (QED) is 0.811. The van der Waals surface area contributed by atoms with Crippen molar-refractivity contribution >= 4 is 11.6 Å². The second-order valence-electron chi connectivity index (χ2n) is 3.02. The third kappa shape index (κ3) is 2.55. The zero-order valence-corrected chi connectivity index (χ0v) is 9.81. The van der Waals surface area contributed by atoms with Gasteiger partial charge in [-0.2, -0.15) is 0 Å². The predicted molar refractivity (Wildman–Crippen MR) is 58.4 cm³/mol. The number of methoxy groups -OCH3 is 2. The van der Waals surface area contributed by atoms with Crippen molar-refractivity contribution in [2.45, 2.75) is 6.42 Å². The molecule has 0 aliphatic carbocycles. The van der Waals surface area contributed by atoms with Crippen LogP contribution in [0.5, 0.6) is 11.5 Å². The summed E-state index contributed by atoms with van der Waals surface area (Å²) in [5.74, 6) is 4.58. The van der Waals surface area contributed by atoms with E-state index in [1.165, 1.54) is 20.3 Å². The molecule has 6 heteroatoms. The topological polar surface area (TPSA) is 53.7 Å². The Morgan fingerprint density at radius 2 is 1.94 bits per heavy atom. The van der Waals surface area contributed by atoms with E-state index in [0.29, 0.717) is 17.7 Å². The molecule has 2 N–H and O–H groups in total. The third-order valence-electron chi connectivity index (χ3n) is 2.11. The van der Waals surface area contributed by atoms with Crippen molar-refractivity contribution in [3.8, 4) is 11.5 Å². The van der Waals surface area contributed by atoms with Crippen molar-refractivity contribution in [3.63, 3.8) is 0 Å². The number of hydrogen-bond acceptors (Lipinski definition) is 4. The molecule has 0 aromatic heterocycles. The number of halogens is 2. The van der Waals surface area contributed by atoms with Gasteiger partial charge in [-0.15, -0.1) is 0 Å². The maximum atomic E-state index is 13.6. The van der Waals surface area contributed by atoms with Crippen molar-refractivity contribution < 1.29 is 18.7 Å². The largest absolute Gasteiger partial charge is 0.492 e. The molecule has 0 atom stereocenters. The molecule has 0 saturated carbocycles. The zero-order chi connectivity index (χ0) is 12.1. The van der Waals surface area contributed by atoms with Crippen LogP contribution in [-0.4, -0.2) is 20.8 Å². The first kappa shape index (κ1) is 13.0. The fraction of sp³-hybridized carbons (Fsp3) is 0.400. The smallest absolute Gasteiger partial charge is 0.198 e. The highest BCUT2D eigenvalue weighted by molar-refractivity contribution is 6.31. The summed E-state index contributed by atoms with van der Waals surface area (Å²) in [6, 6.07) is 1.47. The van der Waals surface area contributed by atoms with Crippen molar-refractivity contribution in [2.75, 3.05) is 20.8 Å². The Morgan fingerprint density at radius 1 is 1.31 bits per heavy atom. The maximum absolute atomic E-state index is 13.6. The Kier molecular flexibility index (Phi) is 4.79. The summed E-state index contributed by atoms with van der Waals surface area (Å²) >= 11 is 5.72. The van der Waals surface area contributed by atoms with Crippen molar-refractivity contribution in [1.82, 2.24) is 0 Å². The van der Waals surface area contributed by atoms with Crippen LogP contribution in [0.25, 0.3) is 0 Å². The Bertz CT molecular complexity index is 374. The van der Waals surface area contributed by atoms with E-state index in [2.05, 4.69) is 4.84 Å². The van der Waals surface area contributed by atoms with E-state index in [4.69, 9.17) is 27.0 Å². The van der Waals surface area contributed by atoms with E-state index < -0.39 is 5.82 Å². The average Bonchev–Trinajstić information content (AvgIpc) is 2.29. The molecule has 0 aliphatic heterocycles. The second-order valence-corrected chi connectivity index (χ2v) is 3.43. The molecule has 1 aromatic rings. The standard InChI is InChI=1S/C10H13ClFNO3/c1-14-9-6(3-4-16-13)5-7(11)8(12)10(9)15-2/h5H,3-4,13H2,1-2H3. The molecular weight excluding hydrogens is 237 g/mol. The summed E-state index contributed by atoms with van der Waals surface area (Å²) in [6.07, 6.45) is 0.454. The molecule has 0 radical (unpaired) electrons. The highest BCUT2D eigenvalue weighted by Gasteiger charge is 2.18. The molecule has 0 saturated heterocycles. The summed E-state index contributed by atoms with van der Waals surface area (Å²) in [5.41, 5.74) is 0.677. The molecule has 0 aliphatic rings. The molecule has 0 unspecified atom stereocenters. The molecular formula is C10H13ClFNO3. The minimum absolute atomic E-state index is 0.0120. The average molecular weight is 250 g/mol. The van der Waals surface area contributed by atoms with Crippen LogP contribution in [0.3, 0.4) is 0 Å². The van der Waals surface area contributed by atoms with E-state index in [1.807, 2.05) is 0 Å². The monoisotopic (exact) mass is 249 g/mol. The Morgan fingerprint density at radius 3 is 2.44 bits per heavy atom. The zero-order valence-electron chi connectivity index (χ0n) is 9.05. The van der Waals surface area contributed by atoms with E-state index >= 15 is 0 Å². The summed E-state index contributed by atoms with van der Waals surface area (Å²) in [6.45, 7) is 0.279. The molecule has 4 nitrogen and oxygen atoms in total. The van der Waals surface area contributed by atoms with Crippen LogP contribution in [0.15, 0.2) is 6.07 Å². The summed E-state index contributed by atoms with van der Waals surface area (Å²) in [7, 11) is 2.78. The van der Waals surface area contributed by atoms with Gasteiger partial charge in [-0.25, -0.2) is 10.3 Å². The molecule has 16 heavy (non-hydrogen) atoms. The van der Waals surface area contributed by atoms with Gasteiger partial charge < -0.3 is 14.3 Å². The van der Waals surface area contributed by atoms with Crippen LogP contribution >= 0.6 is 11.6 Å². The lowest BCUT2D eigenvalue weighted by molar-refractivity contribution is 0.140. The van der Waals surface area contributed by atoms with E-state index in [-0.39, 0.29) is 17.4 Å². The van der Waals surface area contributed by atoms with Gasteiger partial charge in [0, 0.05) is 12.0 Å². The number of nitrogens with two attached hydrogens (primary N) is 1. The Hall–Kier alpha value is -1.04. The highest BCUT2D eigenvalue weighted by atomic mass is 35.5. The maximum Gasteiger partial charge on any atom is 0.198 e. The molecule has 0 bridgehead atoms. The molecule has 1 rings (SSSR count). The summed E-state index contributed by atoms with van der Waals surface area (Å²) in [4.78, 5) is 4.46. The van der Waals surface area contributed by atoms with Gasteiger partial charge in [0.15, 0.2) is 17.3 Å². The molecule has 90 valence electrons. The van der Waals surface area contributed by atoms with Crippen molar-refractivity contribution in [2.24, 2.45) is 5.90 Å². The Labute approximate surface area is 98.0 Å². The van der Waals surface area contributed by atoms with Crippen LogP contribution in [0, 0.1) is 5.82 Å². The second kappa shape index (κ2) is 5.89. The van der Waals surface area contributed by atoms with E-state index in [1.54, 1.807) is 0 Å².